The van der Waals surface area contributed by atoms with Gasteiger partial charge in [0.1, 0.15) is 0 Å². The van der Waals surface area contributed by atoms with Crippen molar-refractivity contribution in [1.29, 1.82) is 0 Å². The van der Waals surface area contributed by atoms with Gasteiger partial charge in [-0.3, -0.25) is 0 Å². The third kappa shape index (κ3) is 2.54. The molecule has 0 atom stereocenters. The zero-order chi connectivity index (χ0) is 14.1. The van der Waals surface area contributed by atoms with E-state index in [9.17, 15) is 0 Å². The minimum Gasteiger partial charge on any atom is -0.406 e. The molecule has 0 amide bonds. The van der Waals surface area contributed by atoms with E-state index in [2.05, 4.69) is 11.5 Å². The Balaban J connectivity index is 1.36. The highest BCUT2D eigenvalue weighted by Crippen LogP contribution is 2.31. The van der Waals surface area contributed by atoms with E-state index < -0.39 is 0 Å². The first-order valence-corrected chi connectivity index (χ1v) is 7.08. The average Bonchev–Trinajstić information content (AvgIpc) is 3.23. The molecule has 4 aliphatic rings. The highest BCUT2D eigenvalue weighted by atomic mass is 16.6. The summed E-state index contributed by atoms with van der Waals surface area (Å²) in [5, 5.41) is 0. The monoisotopic (exact) mass is 280 g/mol. The van der Waals surface area contributed by atoms with E-state index in [-0.39, 0.29) is 19.7 Å². The van der Waals surface area contributed by atoms with E-state index in [0.29, 0.717) is 26.4 Å². The number of rotatable bonds is 2. The Kier molecular flexibility index (Phi) is 3.36. The van der Waals surface area contributed by atoms with Gasteiger partial charge in [-0.05, 0) is 12.2 Å². The van der Waals surface area contributed by atoms with Gasteiger partial charge < -0.3 is 18.6 Å². The zero-order valence-corrected chi connectivity index (χ0v) is 11.6. The van der Waals surface area contributed by atoms with Gasteiger partial charge in [0.15, 0.2) is 0 Å². The first kappa shape index (κ1) is 13.2. The molecule has 2 aliphatic carbocycles. The molecule has 0 saturated carbocycles. The lowest BCUT2D eigenvalue weighted by molar-refractivity contribution is -0.0801. The molecule has 0 bridgehead atoms. The van der Waals surface area contributed by atoms with E-state index in [1.54, 1.807) is 0 Å². The van der Waals surface area contributed by atoms with E-state index in [0.717, 1.165) is 10.9 Å². The molecular weight excluding hydrogens is 266 g/mol. The van der Waals surface area contributed by atoms with Gasteiger partial charge in [-0.25, -0.2) is 0 Å². The zero-order valence-electron chi connectivity index (χ0n) is 11.6. The van der Waals surface area contributed by atoms with Crippen LogP contribution in [0, 0.1) is 5.41 Å². The van der Waals surface area contributed by atoms with Gasteiger partial charge in [-0.2, -0.15) is 0 Å². The number of allylic oxidation sites excluding steroid dienone is 6. The molecule has 21 heavy (non-hydrogen) atoms. The highest BCUT2D eigenvalue weighted by molar-refractivity contribution is 6.55. The molecule has 2 fully saturated rings. The van der Waals surface area contributed by atoms with Gasteiger partial charge in [0.05, 0.1) is 5.41 Å². The highest BCUT2D eigenvalue weighted by Gasteiger charge is 2.45. The maximum Gasteiger partial charge on any atom is 0.502 e. The van der Waals surface area contributed by atoms with Gasteiger partial charge in [0, 0.05) is 37.4 Å². The van der Waals surface area contributed by atoms with Crippen LogP contribution in [0.4, 0.5) is 0 Å². The fraction of sp³-hybridized carbons (Fsp3) is 0.333. The maximum absolute atomic E-state index is 5.82. The summed E-state index contributed by atoms with van der Waals surface area (Å²) in [6, 6.07) is 0. The minimum atomic E-state index is -0.327. The van der Waals surface area contributed by atoms with E-state index in [1.807, 2.05) is 36.5 Å². The standard InChI is InChI=1S/C15H14B2O4/c1-2-6-13(5-1)16-18-9-15(10-19-16)11-20-17(21-12-15)14-7-3-4-8-14/h1-5,7H,9-12H2. The summed E-state index contributed by atoms with van der Waals surface area (Å²) >= 11 is 0. The predicted octanol–water partition coefficient (Wildman–Crippen LogP) is 1.42. The Morgan fingerprint density at radius 3 is 1.52 bits per heavy atom. The van der Waals surface area contributed by atoms with Crippen molar-refractivity contribution in [3.63, 3.8) is 0 Å². The average molecular weight is 280 g/mol. The van der Waals surface area contributed by atoms with Gasteiger partial charge in [0.2, 0.25) is 0 Å². The van der Waals surface area contributed by atoms with Crippen molar-refractivity contribution in [2.24, 2.45) is 5.41 Å². The molecule has 2 saturated heterocycles. The van der Waals surface area contributed by atoms with Crippen LogP contribution in [-0.4, -0.2) is 40.7 Å². The molecule has 4 rings (SSSR count). The summed E-state index contributed by atoms with van der Waals surface area (Å²) in [4.78, 5) is 0. The third-order valence-corrected chi connectivity index (χ3v) is 3.92. The van der Waals surface area contributed by atoms with Crippen LogP contribution in [-0.2, 0) is 18.6 Å². The Labute approximate surface area is 124 Å². The molecule has 0 aromatic heterocycles. The van der Waals surface area contributed by atoms with Crippen LogP contribution in [0.1, 0.15) is 0 Å². The molecule has 1 spiro atoms. The fourth-order valence-corrected chi connectivity index (χ4v) is 2.70. The molecule has 0 unspecified atom stereocenters. The summed E-state index contributed by atoms with van der Waals surface area (Å²) in [5.41, 5.74) is 7.87. The van der Waals surface area contributed by atoms with Gasteiger partial charge in [0.25, 0.3) is 0 Å². The molecule has 0 radical (unpaired) electrons. The summed E-state index contributed by atoms with van der Waals surface area (Å²) in [7, 11) is -0.654. The van der Waals surface area contributed by atoms with Crippen molar-refractivity contribution in [1.82, 2.24) is 0 Å². The van der Waals surface area contributed by atoms with Crippen molar-refractivity contribution in [3.05, 3.63) is 58.9 Å². The maximum atomic E-state index is 5.82. The second kappa shape index (κ2) is 5.36. The lowest BCUT2D eigenvalue weighted by atomic mass is 9.73. The van der Waals surface area contributed by atoms with E-state index in [4.69, 9.17) is 18.6 Å². The Hall–Kier alpha value is -1.51. The number of hydrogen-bond acceptors (Lipinski definition) is 4. The molecule has 104 valence electrons. The third-order valence-electron chi connectivity index (χ3n) is 3.92. The summed E-state index contributed by atoms with van der Waals surface area (Å²) < 4.78 is 23.3. The minimum absolute atomic E-state index is 0.216. The van der Waals surface area contributed by atoms with Crippen LogP contribution in [0.15, 0.2) is 58.9 Å². The topological polar surface area (TPSA) is 36.9 Å². The Morgan fingerprint density at radius 1 is 0.762 bits per heavy atom. The van der Waals surface area contributed by atoms with Crippen LogP contribution in [0.3, 0.4) is 0 Å². The Bertz CT molecular complexity index is 561. The predicted molar refractivity (Wildman–Crippen MR) is 79.2 cm³/mol. The van der Waals surface area contributed by atoms with Crippen LogP contribution in [0.25, 0.3) is 0 Å². The fourth-order valence-electron chi connectivity index (χ4n) is 2.70. The molecule has 2 aliphatic heterocycles. The SMILES string of the molecule is C1=CC=CC=1B1OCC2(CO1)COB(C1=C=CC=C1)OC2. The van der Waals surface area contributed by atoms with Crippen LogP contribution in [0.2, 0.25) is 0 Å². The quantitative estimate of drug-likeness (QED) is 0.566. The largest absolute Gasteiger partial charge is 0.502 e. The summed E-state index contributed by atoms with van der Waals surface area (Å²) in [6.07, 6.45) is 11.5. The van der Waals surface area contributed by atoms with Crippen molar-refractivity contribution in [2.75, 3.05) is 26.4 Å². The van der Waals surface area contributed by atoms with Crippen LogP contribution < -0.4 is 0 Å². The first-order chi connectivity index (χ1) is 10.3. The van der Waals surface area contributed by atoms with Gasteiger partial charge in [-0.1, -0.05) is 24.3 Å². The molecule has 0 aromatic rings. The smallest absolute Gasteiger partial charge is 0.406 e. The molecule has 4 nitrogen and oxygen atoms in total. The number of hydrogen-bond donors (Lipinski definition) is 0. The second-order valence-corrected chi connectivity index (χ2v) is 5.66. The van der Waals surface area contributed by atoms with Crippen molar-refractivity contribution in [3.8, 4) is 0 Å². The lowest BCUT2D eigenvalue weighted by Crippen LogP contribution is -2.54. The summed E-state index contributed by atoms with van der Waals surface area (Å²) in [5.74, 6) is 0. The van der Waals surface area contributed by atoms with E-state index in [1.165, 1.54) is 0 Å². The molecule has 0 aromatic carbocycles. The molecule has 0 N–H and O–H groups in total. The normalized spacial score (nSPS) is 25.9. The van der Waals surface area contributed by atoms with Crippen molar-refractivity contribution in [2.45, 2.75) is 0 Å². The molecular formula is C15H14B2O4. The van der Waals surface area contributed by atoms with Crippen molar-refractivity contribution >= 4 is 14.2 Å². The van der Waals surface area contributed by atoms with Crippen LogP contribution >= 0.6 is 0 Å². The molecule has 2 heterocycles. The van der Waals surface area contributed by atoms with Crippen LogP contribution in [0.5, 0.6) is 0 Å². The lowest BCUT2D eigenvalue weighted by Gasteiger charge is -2.42. The Morgan fingerprint density at radius 2 is 1.19 bits per heavy atom. The van der Waals surface area contributed by atoms with Crippen molar-refractivity contribution < 1.29 is 18.6 Å². The summed E-state index contributed by atoms with van der Waals surface area (Å²) in [6.45, 7) is 2.25. The first-order valence-electron chi connectivity index (χ1n) is 7.08. The van der Waals surface area contributed by atoms with E-state index >= 15 is 0 Å². The second-order valence-electron chi connectivity index (χ2n) is 5.66. The van der Waals surface area contributed by atoms with Gasteiger partial charge >= 0.3 is 14.2 Å². The van der Waals surface area contributed by atoms with Gasteiger partial charge in [-0.15, -0.1) is 11.5 Å². The molecule has 6 heteroatoms.